The van der Waals surface area contributed by atoms with Gasteiger partial charge in [0.1, 0.15) is 11.5 Å². The van der Waals surface area contributed by atoms with Crippen LogP contribution in [0, 0.1) is 0 Å². The standard InChI is InChI=1S/C16H15ClO3/c1-19-12-7-8-16(20-2)13(10-12)15(18)9-11-5-3-4-6-14(11)17/h3-8,10H,9H2,1-2H3. The lowest BCUT2D eigenvalue weighted by atomic mass is 10.0. The van der Waals surface area contributed by atoms with Gasteiger partial charge in [-0.05, 0) is 29.8 Å². The van der Waals surface area contributed by atoms with Crippen molar-refractivity contribution in [3.63, 3.8) is 0 Å². The molecule has 0 radical (unpaired) electrons. The zero-order chi connectivity index (χ0) is 14.5. The lowest BCUT2D eigenvalue weighted by Crippen LogP contribution is -2.06. The van der Waals surface area contributed by atoms with Crippen molar-refractivity contribution >= 4 is 17.4 Å². The van der Waals surface area contributed by atoms with Crippen molar-refractivity contribution in [2.45, 2.75) is 6.42 Å². The largest absolute Gasteiger partial charge is 0.497 e. The summed E-state index contributed by atoms with van der Waals surface area (Å²) in [6.07, 6.45) is 0.225. The highest BCUT2D eigenvalue weighted by Gasteiger charge is 2.15. The number of carbonyl (C=O) groups is 1. The summed E-state index contributed by atoms with van der Waals surface area (Å²) in [7, 11) is 3.10. The van der Waals surface area contributed by atoms with E-state index in [0.29, 0.717) is 22.1 Å². The molecule has 20 heavy (non-hydrogen) atoms. The van der Waals surface area contributed by atoms with Crippen molar-refractivity contribution in [1.82, 2.24) is 0 Å². The molecule has 0 N–H and O–H groups in total. The minimum absolute atomic E-state index is 0.0612. The van der Waals surface area contributed by atoms with Crippen LogP contribution in [0.3, 0.4) is 0 Å². The first-order chi connectivity index (χ1) is 9.65. The van der Waals surface area contributed by atoms with E-state index in [4.69, 9.17) is 21.1 Å². The van der Waals surface area contributed by atoms with E-state index < -0.39 is 0 Å². The lowest BCUT2D eigenvalue weighted by Gasteiger charge is -2.10. The maximum absolute atomic E-state index is 12.4. The maximum Gasteiger partial charge on any atom is 0.171 e. The Hall–Kier alpha value is -2.00. The van der Waals surface area contributed by atoms with E-state index in [9.17, 15) is 4.79 Å². The Morgan fingerprint density at radius 3 is 2.50 bits per heavy atom. The van der Waals surface area contributed by atoms with Crippen LogP contribution >= 0.6 is 11.6 Å². The van der Waals surface area contributed by atoms with Gasteiger partial charge in [-0.15, -0.1) is 0 Å². The number of methoxy groups -OCH3 is 2. The smallest absolute Gasteiger partial charge is 0.171 e. The topological polar surface area (TPSA) is 35.5 Å². The zero-order valence-corrected chi connectivity index (χ0v) is 12.1. The normalized spacial score (nSPS) is 10.2. The summed E-state index contributed by atoms with van der Waals surface area (Å²) >= 11 is 6.08. The van der Waals surface area contributed by atoms with Gasteiger partial charge in [-0.2, -0.15) is 0 Å². The zero-order valence-electron chi connectivity index (χ0n) is 11.4. The molecule has 0 aliphatic heterocycles. The Morgan fingerprint density at radius 1 is 1.10 bits per heavy atom. The highest BCUT2D eigenvalue weighted by molar-refractivity contribution is 6.31. The molecule has 4 heteroatoms. The van der Waals surface area contributed by atoms with Crippen molar-refractivity contribution < 1.29 is 14.3 Å². The number of Topliss-reactive ketones (excluding diaryl/α,β-unsaturated/α-hetero) is 1. The molecule has 0 bridgehead atoms. The summed E-state index contributed by atoms with van der Waals surface area (Å²) in [6.45, 7) is 0. The predicted molar refractivity (Wildman–Crippen MR) is 79.0 cm³/mol. The van der Waals surface area contributed by atoms with E-state index in [0.717, 1.165) is 5.56 Å². The summed E-state index contributed by atoms with van der Waals surface area (Å²) in [5.74, 6) is 1.09. The number of rotatable bonds is 5. The van der Waals surface area contributed by atoms with Gasteiger partial charge in [-0.3, -0.25) is 4.79 Å². The summed E-state index contributed by atoms with van der Waals surface area (Å²) in [4.78, 5) is 12.4. The third-order valence-corrected chi connectivity index (χ3v) is 3.38. The molecule has 104 valence electrons. The monoisotopic (exact) mass is 290 g/mol. The first kappa shape index (κ1) is 14.4. The number of halogens is 1. The quantitative estimate of drug-likeness (QED) is 0.786. The van der Waals surface area contributed by atoms with Crippen LogP contribution in [0.15, 0.2) is 42.5 Å². The average molecular weight is 291 g/mol. The van der Waals surface area contributed by atoms with Gasteiger partial charge >= 0.3 is 0 Å². The molecule has 0 amide bonds. The van der Waals surface area contributed by atoms with E-state index >= 15 is 0 Å². The summed E-state index contributed by atoms with van der Waals surface area (Å²) < 4.78 is 10.4. The maximum atomic E-state index is 12.4. The van der Waals surface area contributed by atoms with Gasteiger partial charge in [-0.1, -0.05) is 29.8 Å². The molecular formula is C16H15ClO3. The molecule has 0 saturated heterocycles. The molecule has 0 fully saturated rings. The molecule has 2 rings (SSSR count). The predicted octanol–water partition coefficient (Wildman–Crippen LogP) is 3.78. The molecule has 0 aliphatic carbocycles. The molecule has 0 atom stereocenters. The van der Waals surface area contributed by atoms with Crippen LogP contribution in [0.4, 0.5) is 0 Å². The number of hydrogen-bond acceptors (Lipinski definition) is 3. The first-order valence-electron chi connectivity index (χ1n) is 6.14. The molecular weight excluding hydrogens is 276 g/mol. The fourth-order valence-electron chi connectivity index (χ4n) is 1.94. The second kappa shape index (κ2) is 6.44. The van der Waals surface area contributed by atoms with E-state index in [-0.39, 0.29) is 12.2 Å². The highest BCUT2D eigenvalue weighted by atomic mass is 35.5. The fraction of sp³-hybridized carbons (Fsp3) is 0.188. The Balaban J connectivity index is 2.31. The van der Waals surface area contributed by atoms with Crippen LogP contribution in [0.1, 0.15) is 15.9 Å². The van der Waals surface area contributed by atoms with Crippen molar-refractivity contribution in [3.05, 3.63) is 58.6 Å². The van der Waals surface area contributed by atoms with Gasteiger partial charge in [-0.25, -0.2) is 0 Å². The summed E-state index contributed by atoms with van der Waals surface area (Å²) in [6, 6.07) is 12.5. The minimum Gasteiger partial charge on any atom is -0.497 e. The third kappa shape index (κ3) is 3.11. The number of benzene rings is 2. The van der Waals surface area contributed by atoms with Crippen LogP contribution in [0.5, 0.6) is 11.5 Å². The van der Waals surface area contributed by atoms with Crippen molar-refractivity contribution in [2.75, 3.05) is 14.2 Å². The summed E-state index contributed by atoms with van der Waals surface area (Å²) in [5.41, 5.74) is 1.29. The molecule has 3 nitrogen and oxygen atoms in total. The van der Waals surface area contributed by atoms with Crippen LogP contribution < -0.4 is 9.47 Å². The molecule has 0 unspecified atom stereocenters. The molecule has 2 aromatic rings. The Bertz CT molecular complexity index is 623. The Labute approximate surface area is 123 Å². The highest BCUT2D eigenvalue weighted by Crippen LogP contribution is 2.26. The third-order valence-electron chi connectivity index (χ3n) is 3.02. The number of carbonyl (C=O) groups excluding carboxylic acids is 1. The van der Waals surface area contributed by atoms with Crippen LogP contribution in [-0.4, -0.2) is 20.0 Å². The van der Waals surface area contributed by atoms with Crippen molar-refractivity contribution in [1.29, 1.82) is 0 Å². The molecule has 0 aromatic heterocycles. The number of ketones is 1. The van der Waals surface area contributed by atoms with Crippen molar-refractivity contribution in [3.8, 4) is 11.5 Å². The Kier molecular flexibility index (Phi) is 4.64. The van der Waals surface area contributed by atoms with E-state index in [1.807, 2.05) is 18.2 Å². The minimum atomic E-state index is -0.0612. The second-order valence-corrected chi connectivity index (χ2v) is 4.66. The fourth-order valence-corrected chi connectivity index (χ4v) is 2.14. The van der Waals surface area contributed by atoms with Gasteiger partial charge in [0.25, 0.3) is 0 Å². The van der Waals surface area contributed by atoms with Crippen LogP contribution in [-0.2, 0) is 6.42 Å². The summed E-state index contributed by atoms with van der Waals surface area (Å²) in [5, 5.41) is 0.586. The number of hydrogen-bond donors (Lipinski definition) is 0. The van der Waals surface area contributed by atoms with Gasteiger partial charge in [0.15, 0.2) is 5.78 Å². The molecule has 0 saturated carbocycles. The van der Waals surface area contributed by atoms with Gasteiger partial charge < -0.3 is 9.47 Å². The van der Waals surface area contributed by atoms with Gasteiger partial charge in [0.05, 0.1) is 19.8 Å². The van der Waals surface area contributed by atoms with Gasteiger partial charge in [0.2, 0.25) is 0 Å². The van der Waals surface area contributed by atoms with E-state index in [1.54, 1.807) is 31.4 Å². The van der Waals surface area contributed by atoms with Gasteiger partial charge in [0, 0.05) is 11.4 Å². The average Bonchev–Trinajstić information content (AvgIpc) is 2.48. The first-order valence-corrected chi connectivity index (χ1v) is 6.52. The molecule has 0 heterocycles. The Morgan fingerprint density at radius 2 is 1.85 bits per heavy atom. The van der Waals surface area contributed by atoms with Crippen LogP contribution in [0.25, 0.3) is 0 Å². The number of ether oxygens (including phenoxy) is 2. The van der Waals surface area contributed by atoms with E-state index in [1.165, 1.54) is 7.11 Å². The van der Waals surface area contributed by atoms with E-state index in [2.05, 4.69) is 0 Å². The second-order valence-electron chi connectivity index (χ2n) is 4.26. The van der Waals surface area contributed by atoms with Crippen molar-refractivity contribution in [2.24, 2.45) is 0 Å². The molecule has 0 spiro atoms. The molecule has 0 aliphatic rings. The SMILES string of the molecule is COc1ccc(OC)c(C(=O)Cc2ccccc2Cl)c1. The molecule has 2 aromatic carbocycles. The lowest BCUT2D eigenvalue weighted by molar-refractivity contribution is 0.0989. The van der Waals surface area contributed by atoms with Crippen LogP contribution in [0.2, 0.25) is 5.02 Å².